The minimum Gasteiger partial charge on any atom is -0.0840 e. The van der Waals surface area contributed by atoms with Gasteiger partial charge in [-0.25, -0.2) is 0 Å². The summed E-state index contributed by atoms with van der Waals surface area (Å²) in [4.78, 5) is 0. The molecule has 0 radical (unpaired) electrons. The number of hydrogen-bond acceptors (Lipinski definition) is 0. The van der Waals surface area contributed by atoms with Crippen molar-refractivity contribution in [1.82, 2.24) is 0 Å². The molecule has 2 aromatic rings. The number of rotatable bonds is 1. The highest BCUT2D eigenvalue weighted by Crippen LogP contribution is 2.51. The molecule has 0 aromatic heterocycles. The van der Waals surface area contributed by atoms with Crippen molar-refractivity contribution in [2.75, 3.05) is 0 Å². The SMILES string of the molecule is C[Si](C)(C)C1c2ccccc2-c2cccc(Cl)c21. The van der Waals surface area contributed by atoms with E-state index >= 15 is 0 Å². The molecule has 0 N–H and O–H groups in total. The lowest BCUT2D eigenvalue weighted by molar-refractivity contribution is 1.12. The van der Waals surface area contributed by atoms with Gasteiger partial charge in [0.2, 0.25) is 0 Å². The summed E-state index contributed by atoms with van der Waals surface area (Å²) in [6, 6.07) is 15.1. The van der Waals surface area contributed by atoms with Gasteiger partial charge in [-0.1, -0.05) is 67.6 Å². The lowest BCUT2D eigenvalue weighted by atomic mass is 10.1. The lowest BCUT2D eigenvalue weighted by Crippen LogP contribution is -2.30. The second-order valence-electron chi connectivity index (χ2n) is 6.09. The van der Waals surface area contributed by atoms with Crippen LogP contribution in [0.1, 0.15) is 16.7 Å². The van der Waals surface area contributed by atoms with E-state index < -0.39 is 8.07 Å². The van der Waals surface area contributed by atoms with Gasteiger partial charge in [0.05, 0.1) is 8.07 Å². The Morgan fingerprint density at radius 3 is 2.28 bits per heavy atom. The van der Waals surface area contributed by atoms with Crippen molar-refractivity contribution in [1.29, 1.82) is 0 Å². The molecule has 1 unspecified atom stereocenters. The van der Waals surface area contributed by atoms with E-state index in [1.165, 1.54) is 22.3 Å². The smallest absolute Gasteiger partial charge is 0.0574 e. The predicted octanol–water partition coefficient (Wildman–Crippen LogP) is 5.33. The second-order valence-corrected chi connectivity index (χ2v) is 11.8. The molecule has 0 nitrogen and oxygen atoms in total. The fraction of sp³-hybridized carbons (Fsp3) is 0.250. The molecule has 0 heterocycles. The number of benzene rings is 2. The molecule has 3 rings (SSSR count). The van der Waals surface area contributed by atoms with Crippen molar-refractivity contribution in [3.05, 3.63) is 58.6 Å². The highest BCUT2D eigenvalue weighted by molar-refractivity contribution is 6.78. The Kier molecular flexibility index (Phi) is 2.65. The van der Waals surface area contributed by atoms with Gasteiger partial charge in [0, 0.05) is 10.6 Å². The van der Waals surface area contributed by atoms with Gasteiger partial charge in [-0.2, -0.15) is 0 Å². The highest BCUT2D eigenvalue weighted by atomic mass is 35.5. The largest absolute Gasteiger partial charge is 0.0840 e. The number of halogens is 1. The van der Waals surface area contributed by atoms with E-state index in [0.29, 0.717) is 5.54 Å². The molecule has 0 aliphatic heterocycles. The highest BCUT2D eigenvalue weighted by Gasteiger charge is 2.38. The molecule has 0 bridgehead atoms. The zero-order valence-corrected chi connectivity index (χ0v) is 12.8. The van der Waals surface area contributed by atoms with Gasteiger partial charge >= 0.3 is 0 Å². The first-order chi connectivity index (χ1) is 8.50. The fourth-order valence-electron chi connectivity index (χ4n) is 3.11. The third-order valence-electron chi connectivity index (χ3n) is 3.77. The molecular formula is C16H17ClSi. The summed E-state index contributed by atoms with van der Waals surface area (Å²) in [5, 5.41) is 0.927. The third kappa shape index (κ3) is 1.65. The average Bonchev–Trinajstić information content (AvgIpc) is 2.65. The summed E-state index contributed by atoms with van der Waals surface area (Å²) in [6.07, 6.45) is 0. The standard InChI is InChI=1S/C16H17ClSi/c1-18(2,3)16-13-8-5-4-7-11(13)12-9-6-10-14(17)15(12)16/h4-10,16H,1-3H3. The number of fused-ring (bicyclic) bond motifs is 3. The van der Waals surface area contributed by atoms with Crippen molar-refractivity contribution >= 4 is 19.7 Å². The molecule has 0 saturated heterocycles. The van der Waals surface area contributed by atoms with Crippen LogP contribution in [0.2, 0.25) is 24.7 Å². The Morgan fingerprint density at radius 2 is 1.56 bits per heavy atom. The summed E-state index contributed by atoms with van der Waals surface area (Å²) in [7, 11) is -1.34. The molecule has 0 spiro atoms. The average molecular weight is 273 g/mol. The van der Waals surface area contributed by atoms with Crippen LogP contribution < -0.4 is 0 Å². The Bertz CT molecular complexity index is 611. The van der Waals surface area contributed by atoms with Gasteiger partial charge in [0.25, 0.3) is 0 Å². The van der Waals surface area contributed by atoms with Crippen LogP contribution in [0, 0.1) is 0 Å². The van der Waals surface area contributed by atoms with E-state index in [4.69, 9.17) is 11.6 Å². The first-order valence-electron chi connectivity index (χ1n) is 6.38. The molecule has 1 aliphatic carbocycles. The number of hydrogen-bond donors (Lipinski definition) is 0. The van der Waals surface area contributed by atoms with E-state index in [1.807, 2.05) is 6.07 Å². The van der Waals surface area contributed by atoms with Crippen LogP contribution in [-0.4, -0.2) is 8.07 Å². The van der Waals surface area contributed by atoms with Gasteiger partial charge in [0.15, 0.2) is 0 Å². The van der Waals surface area contributed by atoms with Crippen LogP contribution in [-0.2, 0) is 0 Å². The summed E-state index contributed by atoms with van der Waals surface area (Å²) in [6.45, 7) is 7.27. The van der Waals surface area contributed by atoms with Crippen molar-refractivity contribution in [3.63, 3.8) is 0 Å². The van der Waals surface area contributed by atoms with Gasteiger partial charge in [-0.05, 0) is 28.3 Å². The maximum Gasteiger partial charge on any atom is 0.0574 e. The van der Waals surface area contributed by atoms with Gasteiger partial charge in [-0.3, -0.25) is 0 Å². The van der Waals surface area contributed by atoms with E-state index in [1.54, 1.807) is 0 Å². The van der Waals surface area contributed by atoms with Gasteiger partial charge in [-0.15, -0.1) is 0 Å². The van der Waals surface area contributed by atoms with Crippen LogP contribution in [0.25, 0.3) is 11.1 Å². The quantitative estimate of drug-likeness (QED) is 0.616. The topological polar surface area (TPSA) is 0 Å². The first kappa shape index (κ1) is 12.0. The van der Waals surface area contributed by atoms with Crippen LogP contribution in [0.15, 0.2) is 42.5 Å². The van der Waals surface area contributed by atoms with Crippen LogP contribution in [0.5, 0.6) is 0 Å². The minimum atomic E-state index is -1.34. The lowest BCUT2D eigenvalue weighted by Gasteiger charge is -2.27. The zero-order valence-electron chi connectivity index (χ0n) is 11.0. The summed E-state index contributed by atoms with van der Waals surface area (Å²) >= 11 is 6.48. The van der Waals surface area contributed by atoms with Gasteiger partial charge < -0.3 is 0 Å². The first-order valence-corrected chi connectivity index (χ1v) is 10.3. The summed E-state index contributed by atoms with van der Waals surface area (Å²) < 4.78 is 0. The van der Waals surface area contributed by atoms with Crippen molar-refractivity contribution < 1.29 is 0 Å². The molecule has 0 fully saturated rings. The van der Waals surface area contributed by atoms with E-state index in [-0.39, 0.29) is 0 Å². The molecule has 1 aliphatic rings. The maximum atomic E-state index is 6.48. The fourth-order valence-corrected chi connectivity index (χ4v) is 5.85. The minimum absolute atomic E-state index is 0.525. The molecule has 1 atom stereocenters. The molecule has 0 amide bonds. The second kappa shape index (κ2) is 3.97. The Morgan fingerprint density at radius 1 is 0.889 bits per heavy atom. The van der Waals surface area contributed by atoms with Gasteiger partial charge in [0.1, 0.15) is 0 Å². The maximum absolute atomic E-state index is 6.48. The molecule has 18 heavy (non-hydrogen) atoms. The van der Waals surface area contributed by atoms with Crippen LogP contribution >= 0.6 is 11.6 Å². The van der Waals surface area contributed by atoms with Crippen LogP contribution in [0.3, 0.4) is 0 Å². The Hall–Kier alpha value is -1.05. The van der Waals surface area contributed by atoms with E-state index in [2.05, 4.69) is 56.0 Å². The van der Waals surface area contributed by atoms with E-state index in [0.717, 1.165) is 5.02 Å². The third-order valence-corrected chi connectivity index (χ3v) is 6.43. The van der Waals surface area contributed by atoms with Crippen LogP contribution in [0.4, 0.5) is 0 Å². The molecular weight excluding hydrogens is 256 g/mol. The Labute approximate surface area is 115 Å². The zero-order chi connectivity index (χ0) is 12.9. The summed E-state index contributed by atoms with van der Waals surface area (Å²) in [5.74, 6) is 0. The van der Waals surface area contributed by atoms with Crippen molar-refractivity contribution in [2.45, 2.75) is 25.2 Å². The predicted molar refractivity (Wildman–Crippen MR) is 82.1 cm³/mol. The van der Waals surface area contributed by atoms with E-state index in [9.17, 15) is 0 Å². The Balaban J connectivity index is 2.36. The normalized spacial score (nSPS) is 17.4. The monoisotopic (exact) mass is 272 g/mol. The molecule has 0 saturated carbocycles. The molecule has 2 heteroatoms. The molecule has 2 aromatic carbocycles. The molecule has 92 valence electrons. The van der Waals surface area contributed by atoms with Crippen molar-refractivity contribution in [2.24, 2.45) is 0 Å². The summed E-state index contributed by atoms with van der Waals surface area (Å²) in [5.41, 5.74) is 6.07. The van der Waals surface area contributed by atoms with Crippen molar-refractivity contribution in [3.8, 4) is 11.1 Å².